The third-order valence-corrected chi connectivity index (χ3v) is 5.02. The van der Waals surface area contributed by atoms with Crippen molar-refractivity contribution in [2.24, 2.45) is 0 Å². The molecule has 1 fully saturated rings. The molecule has 1 heterocycles. The summed E-state index contributed by atoms with van der Waals surface area (Å²) >= 11 is 3.27. The van der Waals surface area contributed by atoms with Gasteiger partial charge in [0.1, 0.15) is 5.56 Å². The van der Waals surface area contributed by atoms with Crippen LogP contribution >= 0.6 is 15.9 Å². The fourth-order valence-electron chi connectivity index (χ4n) is 2.69. The number of benzene rings is 1. The Balaban J connectivity index is 2.11. The molecule has 1 atom stereocenters. The first kappa shape index (κ1) is 18.7. The molecule has 3 rings (SSSR count). The zero-order valence-corrected chi connectivity index (χ0v) is 16.0. The van der Waals surface area contributed by atoms with Crippen LogP contribution in [0.5, 0.6) is 0 Å². The number of ketones is 1. The topological polar surface area (TPSA) is 124 Å². The quantitative estimate of drug-likeness (QED) is 0.494. The molecule has 2 aromatic rings. The summed E-state index contributed by atoms with van der Waals surface area (Å²) in [5, 5.41) is 12.9. The highest BCUT2D eigenvalue weighted by Crippen LogP contribution is 2.43. The van der Waals surface area contributed by atoms with Gasteiger partial charge in [-0.15, -0.1) is 0 Å². The van der Waals surface area contributed by atoms with Crippen LogP contribution in [0.3, 0.4) is 0 Å². The van der Waals surface area contributed by atoms with Gasteiger partial charge in [0.2, 0.25) is 5.69 Å². The molecule has 0 bridgehead atoms. The van der Waals surface area contributed by atoms with E-state index in [0.29, 0.717) is 10.0 Å². The van der Waals surface area contributed by atoms with Crippen LogP contribution in [0, 0.1) is 0 Å². The van der Waals surface area contributed by atoms with E-state index in [9.17, 15) is 23.1 Å². The molecule has 1 saturated carbocycles. The fraction of sp³-hybridized carbons (Fsp3) is 0.312. The van der Waals surface area contributed by atoms with E-state index >= 15 is 0 Å². The molecule has 0 aliphatic heterocycles. The SMILES string of the molecule is CC(O[SH](=O)=O)c1cc(Br)ccc1C(=O)c1c(C(=O)O)noc1C1CC1. The van der Waals surface area contributed by atoms with Gasteiger partial charge in [-0.05, 0) is 43.5 Å². The number of halogens is 1. The molecule has 0 saturated heterocycles. The van der Waals surface area contributed by atoms with Crippen molar-refractivity contribution in [2.45, 2.75) is 31.8 Å². The van der Waals surface area contributed by atoms with Gasteiger partial charge in [0.25, 0.3) is 11.0 Å². The summed E-state index contributed by atoms with van der Waals surface area (Å²) in [5.41, 5.74) is -0.107. The predicted molar refractivity (Wildman–Crippen MR) is 92.8 cm³/mol. The van der Waals surface area contributed by atoms with Gasteiger partial charge in [0.15, 0.2) is 11.5 Å². The lowest BCUT2D eigenvalue weighted by atomic mass is 9.94. The van der Waals surface area contributed by atoms with Gasteiger partial charge in [-0.25, -0.2) is 13.2 Å². The molecular formula is C16H14BrNO7S. The molecule has 8 nitrogen and oxygen atoms in total. The van der Waals surface area contributed by atoms with Crippen molar-refractivity contribution in [1.82, 2.24) is 5.16 Å². The van der Waals surface area contributed by atoms with E-state index in [1.165, 1.54) is 13.0 Å². The maximum atomic E-state index is 13.1. The van der Waals surface area contributed by atoms with Crippen LogP contribution in [0.2, 0.25) is 0 Å². The van der Waals surface area contributed by atoms with Crippen LogP contribution in [0.25, 0.3) is 0 Å². The van der Waals surface area contributed by atoms with Crippen molar-refractivity contribution in [3.8, 4) is 0 Å². The highest BCUT2D eigenvalue weighted by Gasteiger charge is 2.37. The number of carbonyl (C=O) groups excluding carboxylic acids is 1. The highest BCUT2D eigenvalue weighted by molar-refractivity contribution is 9.10. The second-order valence-corrected chi connectivity index (χ2v) is 7.46. The number of rotatable bonds is 7. The van der Waals surface area contributed by atoms with Crippen LogP contribution in [0.15, 0.2) is 27.2 Å². The van der Waals surface area contributed by atoms with Crippen LogP contribution in [0.4, 0.5) is 0 Å². The Kier molecular flexibility index (Phi) is 5.26. The predicted octanol–water partition coefficient (Wildman–Crippen LogP) is 2.85. The Morgan fingerprint density at radius 1 is 1.38 bits per heavy atom. The number of aromatic nitrogens is 1. The van der Waals surface area contributed by atoms with E-state index in [-0.39, 0.29) is 22.8 Å². The van der Waals surface area contributed by atoms with Gasteiger partial charge in [-0.1, -0.05) is 21.1 Å². The molecule has 0 amide bonds. The third-order valence-electron chi connectivity index (χ3n) is 4.04. The lowest BCUT2D eigenvalue weighted by molar-refractivity contribution is 0.0682. The minimum atomic E-state index is -3.12. The number of carboxylic acids is 1. The minimum Gasteiger partial charge on any atom is -0.476 e. The molecule has 0 radical (unpaired) electrons. The Morgan fingerprint density at radius 2 is 2.08 bits per heavy atom. The molecule has 26 heavy (non-hydrogen) atoms. The third kappa shape index (κ3) is 3.71. The summed E-state index contributed by atoms with van der Waals surface area (Å²) in [6.07, 6.45) is 0.653. The largest absolute Gasteiger partial charge is 0.476 e. The molecule has 1 N–H and O–H groups in total. The molecule has 1 unspecified atom stereocenters. The zero-order valence-electron chi connectivity index (χ0n) is 13.5. The van der Waals surface area contributed by atoms with Crippen LogP contribution in [-0.2, 0) is 15.2 Å². The Bertz CT molecular complexity index is 954. The summed E-state index contributed by atoms with van der Waals surface area (Å²) in [7, 11) is -3.12. The van der Waals surface area contributed by atoms with Crippen molar-refractivity contribution in [3.63, 3.8) is 0 Å². The average molecular weight is 444 g/mol. The number of hydrogen-bond acceptors (Lipinski definition) is 7. The number of hydrogen-bond donors (Lipinski definition) is 2. The van der Waals surface area contributed by atoms with Crippen molar-refractivity contribution in [1.29, 1.82) is 0 Å². The first-order valence-corrected chi connectivity index (χ1v) is 9.56. The maximum absolute atomic E-state index is 13.1. The lowest BCUT2D eigenvalue weighted by Crippen LogP contribution is -2.14. The zero-order chi connectivity index (χ0) is 19.0. The smallest absolute Gasteiger partial charge is 0.358 e. The number of thiol groups is 1. The number of aromatic carboxylic acids is 1. The molecular weight excluding hydrogens is 430 g/mol. The van der Waals surface area contributed by atoms with Gasteiger partial charge in [0.05, 0.1) is 6.10 Å². The van der Waals surface area contributed by atoms with Gasteiger partial charge in [0, 0.05) is 16.0 Å². The second-order valence-electron chi connectivity index (χ2n) is 5.88. The first-order valence-electron chi connectivity index (χ1n) is 7.67. The molecule has 138 valence electrons. The molecule has 0 spiro atoms. The minimum absolute atomic E-state index is 0.0294. The summed E-state index contributed by atoms with van der Waals surface area (Å²) in [5.74, 6) is -1.73. The van der Waals surface area contributed by atoms with Crippen molar-refractivity contribution in [3.05, 3.63) is 50.8 Å². The normalized spacial score (nSPS) is 15.2. The fourth-order valence-corrected chi connectivity index (χ4v) is 3.44. The monoisotopic (exact) mass is 443 g/mol. The Labute approximate surface area is 158 Å². The van der Waals surface area contributed by atoms with E-state index in [1.54, 1.807) is 12.1 Å². The number of nitrogens with zero attached hydrogens (tertiary/aromatic N) is 1. The summed E-state index contributed by atoms with van der Waals surface area (Å²) < 4.78 is 32.3. The van der Waals surface area contributed by atoms with E-state index in [4.69, 9.17) is 8.71 Å². The number of carboxylic acid groups (broad SMARTS) is 1. The van der Waals surface area contributed by atoms with Gasteiger partial charge < -0.3 is 9.63 Å². The second kappa shape index (κ2) is 7.29. The Hall–Kier alpha value is -2.04. The first-order chi connectivity index (χ1) is 12.3. The highest BCUT2D eigenvalue weighted by atomic mass is 79.9. The number of carbonyl (C=O) groups is 2. The summed E-state index contributed by atoms with van der Waals surface area (Å²) in [6.45, 7) is 1.48. The van der Waals surface area contributed by atoms with Crippen molar-refractivity contribution >= 4 is 38.7 Å². The maximum Gasteiger partial charge on any atom is 0.358 e. The molecule has 1 aliphatic carbocycles. The van der Waals surface area contributed by atoms with Crippen molar-refractivity contribution < 1.29 is 31.8 Å². The molecule has 1 aromatic carbocycles. The van der Waals surface area contributed by atoms with Crippen LogP contribution in [-0.4, -0.2) is 30.4 Å². The van der Waals surface area contributed by atoms with E-state index in [1.807, 2.05) is 0 Å². The van der Waals surface area contributed by atoms with Crippen molar-refractivity contribution in [2.75, 3.05) is 0 Å². The van der Waals surface area contributed by atoms with E-state index in [0.717, 1.165) is 12.8 Å². The van der Waals surface area contributed by atoms with Crippen LogP contribution in [0.1, 0.15) is 69.5 Å². The Morgan fingerprint density at radius 3 is 2.65 bits per heavy atom. The van der Waals surface area contributed by atoms with Gasteiger partial charge in [-0.2, -0.15) is 0 Å². The van der Waals surface area contributed by atoms with Crippen LogP contribution < -0.4 is 0 Å². The summed E-state index contributed by atoms with van der Waals surface area (Å²) in [4.78, 5) is 24.6. The molecule has 10 heteroatoms. The average Bonchev–Trinajstić information content (AvgIpc) is 3.31. The standard InChI is InChI=1S/C16H14BrNO7S/c1-7(25-26(22)23)11-6-9(17)4-5-10(11)14(19)12-13(16(20)21)18-24-15(12)8-2-3-8/h4-8,26H,2-3H2,1H3,(H,20,21). The molecule has 1 aliphatic rings. The van der Waals surface area contributed by atoms with Gasteiger partial charge >= 0.3 is 5.97 Å². The lowest BCUT2D eigenvalue weighted by Gasteiger charge is -2.14. The summed E-state index contributed by atoms with van der Waals surface area (Å²) in [6, 6.07) is 4.64. The van der Waals surface area contributed by atoms with Gasteiger partial charge in [-0.3, -0.25) is 8.98 Å². The van der Waals surface area contributed by atoms with E-state index < -0.39 is 34.5 Å². The molecule has 1 aromatic heterocycles. The van der Waals surface area contributed by atoms with E-state index in [2.05, 4.69) is 21.1 Å².